The van der Waals surface area contributed by atoms with Crippen LogP contribution in [0.1, 0.15) is 0 Å². The third-order valence-electron chi connectivity index (χ3n) is 1.98. The smallest absolute Gasteiger partial charge is 0.369 e. The fourth-order valence-corrected chi connectivity index (χ4v) is 1.00. The molecular formula is C9H18ClN3O6. The summed E-state index contributed by atoms with van der Waals surface area (Å²) in [6.07, 6.45) is 0. The zero-order valence-corrected chi connectivity index (χ0v) is 11.6. The molecule has 0 aromatic heterocycles. The first kappa shape index (κ1) is 19.8. The number of carboxylic acids is 2. The second-order valence-electron chi connectivity index (χ2n) is 4.64. The van der Waals surface area contributed by atoms with Crippen LogP contribution in [0.4, 0.5) is 4.79 Å². The van der Waals surface area contributed by atoms with Crippen molar-refractivity contribution in [1.29, 1.82) is 0 Å². The molecule has 0 rings (SSSR count). The van der Waals surface area contributed by atoms with Gasteiger partial charge in [0.25, 0.3) is 0 Å². The molecule has 10 heteroatoms. The minimum absolute atomic E-state index is 0. The summed E-state index contributed by atoms with van der Waals surface area (Å²) in [5.74, 6) is -3.70. The molecule has 0 saturated heterocycles. The molecule has 0 fully saturated rings. The summed E-state index contributed by atoms with van der Waals surface area (Å²) in [5.41, 5.74) is 1.89. The first-order valence-corrected chi connectivity index (χ1v) is 5.00. The van der Waals surface area contributed by atoms with Crippen molar-refractivity contribution in [3.63, 3.8) is 0 Å². The van der Waals surface area contributed by atoms with Crippen molar-refractivity contribution in [2.24, 2.45) is 5.73 Å². The number of hydrogen-bond donors (Lipinski definition) is 4. The van der Waals surface area contributed by atoms with Gasteiger partial charge in [-0.2, -0.15) is 0 Å². The van der Waals surface area contributed by atoms with Crippen molar-refractivity contribution >= 4 is 18.0 Å². The predicted molar refractivity (Wildman–Crippen MR) is 59.6 cm³/mol. The lowest BCUT2D eigenvalue weighted by atomic mass is 10.2. The number of urea groups is 1. The van der Waals surface area contributed by atoms with Gasteiger partial charge in [-0.25, -0.2) is 14.4 Å². The minimum Gasteiger partial charge on any atom is -1.00 e. The summed E-state index contributed by atoms with van der Waals surface area (Å²) in [6.45, 7) is 0.172. The lowest BCUT2D eigenvalue weighted by Gasteiger charge is -2.28. The lowest BCUT2D eigenvalue weighted by molar-refractivity contribution is -0.870. The van der Waals surface area contributed by atoms with Gasteiger partial charge in [-0.05, 0) is 0 Å². The number of rotatable bonds is 7. The maximum absolute atomic E-state index is 11.0. The second-order valence-corrected chi connectivity index (χ2v) is 4.64. The third-order valence-corrected chi connectivity index (χ3v) is 1.98. The molecular weight excluding hydrogens is 282 g/mol. The van der Waals surface area contributed by atoms with Gasteiger partial charge in [0.1, 0.15) is 6.54 Å². The van der Waals surface area contributed by atoms with Crippen LogP contribution in [0.15, 0.2) is 0 Å². The van der Waals surface area contributed by atoms with Crippen LogP contribution in [0, 0.1) is 0 Å². The van der Waals surface area contributed by atoms with Gasteiger partial charge < -0.3 is 37.6 Å². The third kappa shape index (κ3) is 6.22. The number of nitrogens with zero attached hydrogens (tertiary/aromatic N) is 1. The summed E-state index contributed by atoms with van der Waals surface area (Å²) in [5, 5.41) is 19.4. The zero-order valence-electron chi connectivity index (χ0n) is 10.8. The highest BCUT2D eigenvalue weighted by Crippen LogP contribution is 2.09. The highest BCUT2D eigenvalue weighted by Gasteiger charge is 2.50. The molecule has 5 N–H and O–H groups in total. The van der Waals surface area contributed by atoms with E-state index in [2.05, 4.69) is 0 Å². The normalized spacial score (nSPS) is 11.3. The van der Waals surface area contributed by atoms with Crippen molar-refractivity contribution in [1.82, 2.24) is 5.32 Å². The highest BCUT2D eigenvalue weighted by molar-refractivity contribution is 6.04. The van der Waals surface area contributed by atoms with Crippen LogP contribution in [-0.4, -0.2) is 72.7 Å². The standard InChI is InChI=1S/C9H17N3O6.ClH/c1-12(2,3)4-5-18-9(6(13)14,7(15)16)11-8(10)17;/h4-5H2,1-3H3,(H4-,10,11,13,14,15,16,17);1H. The van der Waals surface area contributed by atoms with Crippen molar-refractivity contribution in [2.45, 2.75) is 5.72 Å². The van der Waals surface area contributed by atoms with Crippen molar-refractivity contribution in [3.05, 3.63) is 0 Å². The Labute approximate surface area is 116 Å². The molecule has 0 spiro atoms. The first-order chi connectivity index (χ1) is 8.01. The molecule has 0 aliphatic carbocycles. The molecule has 0 aromatic rings. The molecule has 0 aromatic carbocycles. The number of halogens is 1. The number of aliphatic carboxylic acids is 2. The van der Waals surface area contributed by atoms with Gasteiger partial charge in [0.15, 0.2) is 0 Å². The van der Waals surface area contributed by atoms with Gasteiger partial charge in [-0.15, -0.1) is 0 Å². The van der Waals surface area contributed by atoms with Gasteiger partial charge in [0.2, 0.25) is 0 Å². The fraction of sp³-hybridized carbons (Fsp3) is 0.667. The van der Waals surface area contributed by atoms with E-state index in [0.29, 0.717) is 11.0 Å². The van der Waals surface area contributed by atoms with Gasteiger partial charge in [-0.1, -0.05) is 0 Å². The lowest BCUT2D eigenvalue weighted by Crippen LogP contribution is -3.00. The van der Waals surface area contributed by atoms with Crippen molar-refractivity contribution in [3.8, 4) is 0 Å². The predicted octanol–water partition coefficient (Wildman–Crippen LogP) is -4.75. The fourth-order valence-electron chi connectivity index (χ4n) is 1.00. The molecule has 0 saturated carbocycles. The van der Waals surface area contributed by atoms with Crippen LogP contribution in [0.2, 0.25) is 0 Å². The quantitative estimate of drug-likeness (QED) is 0.211. The summed E-state index contributed by atoms with van der Waals surface area (Å²) in [6, 6.07) is -1.30. The SMILES string of the molecule is C[N+](C)(C)CCOC(NC(N)=O)(C(=O)O)C(=O)O.[Cl-]. The Morgan fingerprint density at radius 2 is 1.63 bits per heavy atom. The van der Waals surface area contributed by atoms with Crippen LogP contribution in [0.3, 0.4) is 0 Å². The Bertz CT molecular complexity index is 340. The number of carbonyl (C=O) groups excluding carboxylic acids is 1. The number of likely N-dealkylation sites (N-methyl/N-ethyl adjacent to an activating group) is 1. The monoisotopic (exact) mass is 299 g/mol. The van der Waals surface area contributed by atoms with Crippen LogP contribution in [0.25, 0.3) is 0 Å². The first-order valence-electron chi connectivity index (χ1n) is 5.00. The van der Waals surface area contributed by atoms with E-state index in [1.54, 1.807) is 5.32 Å². The molecule has 0 aliphatic rings. The molecule has 112 valence electrons. The van der Waals surface area contributed by atoms with E-state index >= 15 is 0 Å². The number of nitrogens with one attached hydrogen (secondary N) is 1. The maximum Gasteiger partial charge on any atom is 0.369 e. The van der Waals surface area contributed by atoms with Crippen molar-refractivity contribution < 1.29 is 46.2 Å². The van der Waals surface area contributed by atoms with Crippen LogP contribution < -0.4 is 23.5 Å². The van der Waals surface area contributed by atoms with E-state index in [0.717, 1.165) is 0 Å². The number of hydrogen-bond acceptors (Lipinski definition) is 4. The van der Waals surface area contributed by atoms with E-state index in [9.17, 15) is 14.4 Å². The second kappa shape index (κ2) is 7.12. The highest BCUT2D eigenvalue weighted by atomic mass is 35.5. The molecule has 0 heterocycles. The number of quaternary nitrogens is 1. The van der Waals surface area contributed by atoms with Crippen LogP contribution >= 0.6 is 0 Å². The Balaban J connectivity index is 0. The molecule has 0 radical (unpaired) electrons. The van der Waals surface area contributed by atoms with Gasteiger partial charge in [0.05, 0.1) is 27.7 Å². The summed E-state index contributed by atoms with van der Waals surface area (Å²) in [4.78, 5) is 32.6. The maximum atomic E-state index is 11.0. The average Bonchev–Trinajstić information content (AvgIpc) is 2.12. The summed E-state index contributed by atoms with van der Waals surface area (Å²) in [7, 11) is 5.44. The summed E-state index contributed by atoms with van der Waals surface area (Å²) >= 11 is 0. The number of nitrogens with two attached hydrogens (primary N) is 1. The molecule has 0 unspecified atom stereocenters. The molecule has 9 nitrogen and oxygen atoms in total. The van der Waals surface area contributed by atoms with E-state index in [1.807, 2.05) is 21.1 Å². The van der Waals surface area contributed by atoms with Crippen molar-refractivity contribution in [2.75, 3.05) is 34.3 Å². The topological polar surface area (TPSA) is 139 Å². The van der Waals surface area contributed by atoms with Crippen LogP contribution in [-0.2, 0) is 14.3 Å². The number of primary amides is 1. The van der Waals surface area contributed by atoms with Gasteiger partial charge in [-0.3, -0.25) is 5.32 Å². The molecule has 0 atom stereocenters. The van der Waals surface area contributed by atoms with Gasteiger partial charge in [0, 0.05) is 0 Å². The molecule has 0 bridgehead atoms. The van der Waals surface area contributed by atoms with Gasteiger partial charge >= 0.3 is 23.7 Å². The molecule has 2 amide bonds. The molecule has 0 aliphatic heterocycles. The average molecular weight is 300 g/mol. The Morgan fingerprint density at radius 3 is 1.89 bits per heavy atom. The Morgan fingerprint density at radius 1 is 1.21 bits per heavy atom. The minimum atomic E-state index is -2.86. The number of ether oxygens (including phenoxy) is 1. The zero-order chi connectivity index (χ0) is 14.6. The number of amides is 2. The van der Waals surface area contributed by atoms with E-state index in [4.69, 9.17) is 20.7 Å². The number of carbonyl (C=O) groups is 3. The molecule has 19 heavy (non-hydrogen) atoms. The Hall–Kier alpha value is -1.58. The van der Waals surface area contributed by atoms with E-state index in [-0.39, 0.29) is 19.0 Å². The van der Waals surface area contributed by atoms with E-state index in [1.165, 1.54) is 0 Å². The number of carboxylic acid groups (broad SMARTS) is 2. The Kier molecular flexibility index (Phi) is 7.40. The van der Waals surface area contributed by atoms with E-state index < -0.39 is 23.7 Å². The largest absolute Gasteiger partial charge is 1.00 e. The van der Waals surface area contributed by atoms with Crippen LogP contribution in [0.5, 0.6) is 0 Å². The summed E-state index contributed by atoms with van der Waals surface area (Å²) < 4.78 is 5.25.